The lowest BCUT2D eigenvalue weighted by atomic mass is 9.93. The Balaban J connectivity index is 1.76. The minimum atomic E-state index is -1.04. The molecule has 1 heterocycles. The number of benzene rings is 3. The monoisotopic (exact) mass is 500 g/mol. The molecule has 1 aliphatic heterocycles. The summed E-state index contributed by atoms with van der Waals surface area (Å²) in [5.74, 6) is -2.50. The Morgan fingerprint density at radius 1 is 0.806 bits per heavy atom. The van der Waals surface area contributed by atoms with Gasteiger partial charge in [0.05, 0.1) is 26.9 Å². The second kappa shape index (κ2) is 9.53. The summed E-state index contributed by atoms with van der Waals surface area (Å²) in [5, 5.41) is 50.6. The third-order valence-corrected chi connectivity index (χ3v) is 5.77. The first kappa shape index (κ1) is 24.5. The van der Waals surface area contributed by atoms with Gasteiger partial charge in [-0.2, -0.15) is 0 Å². The lowest BCUT2D eigenvalue weighted by Gasteiger charge is -2.34. The van der Waals surface area contributed by atoms with Gasteiger partial charge in [0, 0.05) is 29.7 Å². The molecule has 0 saturated heterocycles. The molecule has 0 bridgehead atoms. The summed E-state index contributed by atoms with van der Waals surface area (Å²) in [6.45, 7) is 0. The average Bonchev–Trinajstić information content (AvgIpc) is 2.85. The van der Waals surface area contributed by atoms with Crippen molar-refractivity contribution in [2.75, 3.05) is 21.3 Å². The third-order valence-electron chi connectivity index (χ3n) is 5.77. The van der Waals surface area contributed by atoms with Gasteiger partial charge >= 0.3 is 5.97 Å². The Hall–Kier alpha value is -4.67. The summed E-state index contributed by atoms with van der Waals surface area (Å²) >= 11 is 0. The number of hydrogen-bond acceptors (Lipinski definition) is 11. The first-order valence-electron chi connectivity index (χ1n) is 10.6. The molecule has 1 aliphatic rings. The summed E-state index contributed by atoms with van der Waals surface area (Å²) in [6, 6.07) is 7.61. The second-order valence-corrected chi connectivity index (χ2v) is 7.95. The molecule has 0 aliphatic carbocycles. The van der Waals surface area contributed by atoms with Crippen molar-refractivity contribution >= 4 is 5.97 Å². The molecule has 190 valence electrons. The smallest absolute Gasteiger partial charge is 0.338 e. The molecule has 0 aromatic heterocycles. The third kappa shape index (κ3) is 4.38. The van der Waals surface area contributed by atoms with Crippen LogP contribution in [0.25, 0.3) is 0 Å². The standard InChI is InChI=1S/C25H24O11/c1-32-18-5-11(4-16(28)22(18)29)24-21(10-14-15(27)8-13(26)9-17(14)35-24)36-25(31)12-6-19(33-2)23(30)20(7-12)34-3/h4-9,21,24,26-30H,10H2,1-3H3/t21-,24-/m1/s1. The Morgan fingerprint density at radius 2 is 1.42 bits per heavy atom. The molecule has 3 aromatic carbocycles. The normalized spacial score (nSPS) is 16.4. The molecule has 3 aromatic rings. The largest absolute Gasteiger partial charge is 0.508 e. The van der Waals surface area contributed by atoms with Crippen LogP contribution < -0.4 is 18.9 Å². The summed E-state index contributed by atoms with van der Waals surface area (Å²) < 4.78 is 27.1. The zero-order valence-electron chi connectivity index (χ0n) is 19.5. The number of aromatic hydroxyl groups is 5. The van der Waals surface area contributed by atoms with Crippen molar-refractivity contribution in [1.29, 1.82) is 0 Å². The molecule has 0 spiro atoms. The van der Waals surface area contributed by atoms with Crippen LogP contribution in [0.15, 0.2) is 36.4 Å². The van der Waals surface area contributed by atoms with E-state index >= 15 is 0 Å². The van der Waals surface area contributed by atoms with Gasteiger partial charge in [-0.05, 0) is 24.3 Å². The van der Waals surface area contributed by atoms with Gasteiger partial charge in [-0.3, -0.25) is 0 Å². The van der Waals surface area contributed by atoms with Crippen molar-refractivity contribution in [3.05, 3.63) is 53.1 Å². The number of esters is 1. The van der Waals surface area contributed by atoms with Gasteiger partial charge < -0.3 is 49.2 Å². The highest BCUT2D eigenvalue weighted by Crippen LogP contribution is 2.46. The van der Waals surface area contributed by atoms with Gasteiger partial charge in [-0.15, -0.1) is 0 Å². The van der Waals surface area contributed by atoms with Crippen LogP contribution in [0.3, 0.4) is 0 Å². The highest BCUT2D eigenvalue weighted by atomic mass is 16.6. The predicted molar refractivity (Wildman–Crippen MR) is 124 cm³/mol. The van der Waals surface area contributed by atoms with E-state index in [9.17, 15) is 30.3 Å². The van der Waals surface area contributed by atoms with E-state index in [1.807, 2.05) is 0 Å². The van der Waals surface area contributed by atoms with E-state index in [2.05, 4.69) is 0 Å². The Bertz CT molecular complexity index is 1290. The lowest BCUT2D eigenvalue weighted by Crippen LogP contribution is -2.34. The summed E-state index contributed by atoms with van der Waals surface area (Å²) in [6.07, 6.45) is -2.10. The second-order valence-electron chi connectivity index (χ2n) is 7.95. The number of rotatable bonds is 6. The quantitative estimate of drug-likeness (QED) is 0.249. The highest BCUT2D eigenvalue weighted by Gasteiger charge is 2.37. The van der Waals surface area contributed by atoms with Crippen molar-refractivity contribution in [1.82, 2.24) is 0 Å². The SMILES string of the molecule is COc1cc([C@H]2Oc3cc(O)cc(O)c3C[C@H]2OC(=O)c2cc(OC)c(O)c(OC)c2)cc(O)c1O. The van der Waals surface area contributed by atoms with Gasteiger partial charge in [0.15, 0.2) is 29.1 Å². The van der Waals surface area contributed by atoms with E-state index in [4.69, 9.17) is 23.7 Å². The predicted octanol–water partition coefficient (Wildman–Crippen LogP) is 3.14. The molecule has 0 saturated carbocycles. The molecule has 4 rings (SSSR count). The molecular weight excluding hydrogens is 476 g/mol. The van der Waals surface area contributed by atoms with E-state index < -0.39 is 29.7 Å². The maximum Gasteiger partial charge on any atom is 0.338 e. The average molecular weight is 500 g/mol. The Labute approximate surface area is 205 Å². The number of phenols is 5. The molecule has 11 heteroatoms. The van der Waals surface area contributed by atoms with E-state index in [1.54, 1.807) is 0 Å². The molecule has 2 atom stereocenters. The fraction of sp³-hybridized carbons (Fsp3) is 0.240. The van der Waals surface area contributed by atoms with Crippen LogP contribution in [-0.4, -0.2) is 58.9 Å². The Morgan fingerprint density at radius 3 is 2.03 bits per heavy atom. The van der Waals surface area contributed by atoms with E-state index in [0.717, 1.165) is 6.07 Å². The van der Waals surface area contributed by atoms with Crippen molar-refractivity contribution < 1.29 is 54.0 Å². The number of methoxy groups -OCH3 is 3. The van der Waals surface area contributed by atoms with Gasteiger partial charge in [0.2, 0.25) is 11.5 Å². The molecule has 5 N–H and O–H groups in total. The molecular formula is C25H24O11. The fourth-order valence-electron chi connectivity index (χ4n) is 3.98. The van der Waals surface area contributed by atoms with Gasteiger partial charge in [-0.1, -0.05) is 0 Å². The van der Waals surface area contributed by atoms with Crippen LogP contribution in [0.1, 0.15) is 27.6 Å². The highest BCUT2D eigenvalue weighted by molar-refractivity contribution is 5.91. The van der Waals surface area contributed by atoms with E-state index in [0.29, 0.717) is 0 Å². The number of ether oxygens (including phenoxy) is 5. The minimum Gasteiger partial charge on any atom is -0.508 e. The number of hydrogen-bond donors (Lipinski definition) is 5. The van der Waals surface area contributed by atoms with Crippen LogP contribution in [0.5, 0.6) is 51.7 Å². The van der Waals surface area contributed by atoms with Crippen LogP contribution in [0.2, 0.25) is 0 Å². The van der Waals surface area contributed by atoms with Crippen LogP contribution in [0, 0.1) is 0 Å². The van der Waals surface area contributed by atoms with Crippen LogP contribution in [-0.2, 0) is 11.2 Å². The zero-order chi connectivity index (χ0) is 26.1. The molecule has 0 unspecified atom stereocenters. The number of carbonyl (C=O) groups is 1. The summed E-state index contributed by atoms with van der Waals surface area (Å²) in [5.41, 5.74) is 0.582. The molecule has 0 fully saturated rings. The fourth-order valence-corrected chi connectivity index (χ4v) is 3.98. The molecule has 0 radical (unpaired) electrons. The van der Waals surface area contributed by atoms with Crippen molar-refractivity contribution in [3.8, 4) is 51.7 Å². The van der Waals surface area contributed by atoms with Crippen LogP contribution >= 0.6 is 0 Å². The summed E-state index contributed by atoms with van der Waals surface area (Å²) in [7, 11) is 3.93. The number of carbonyl (C=O) groups excluding carboxylic acids is 1. The van der Waals surface area contributed by atoms with Gasteiger partial charge in [0.25, 0.3) is 0 Å². The first-order valence-corrected chi connectivity index (χ1v) is 10.6. The van der Waals surface area contributed by atoms with Crippen molar-refractivity contribution in [3.63, 3.8) is 0 Å². The van der Waals surface area contributed by atoms with Crippen LogP contribution in [0.4, 0.5) is 0 Å². The van der Waals surface area contributed by atoms with E-state index in [1.165, 1.54) is 51.7 Å². The van der Waals surface area contributed by atoms with E-state index in [-0.39, 0.29) is 63.4 Å². The molecule has 0 amide bonds. The zero-order valence-corrected chi connectivity index (χ0v) is 19.5. The van der Waals surface area contributed by atoms with Crippen molar-refractivity contribution in [2.45, 2.75) is 18.6 Å². The summed E-state index contributed by atoms with van der Waals surface area (Å²) in [4.78, 5) is 13.1. The first-order chi connectivity index (χ1) is 17.2. The maximum absolute atomic E-state index is 13.1. The number of phenolic OH excluding ortho intramolecular Hbond substituents is 5. The minimum absolute atomic E-state index is 0.00658. The van der Waals surface area contributed by atoms with Gasteiger partial charge in [-0.25, -0.2) is 4.79 Å². The van der Waals surface area contributed by atoms with Crippen molar-refractivity contribution in [2.24, 2.45) is 0 Å². The maximum atomic E-state index is 13.1. The topological polar surface area (TPSA) is 164 Å². The van der Waals surface area contributed by atoms with Gasteiger partial charge in [0.1, 0.15) is 23.4 Å². The number of fused-ring (bicyclic) bond motifs is 1. The molecule has 11 nitrogen and oxygen atoms in total. The lowest BCUT2D eigenvalue weighted by molar-refractivity contribution is -0.0189. The Kier molecular flexibility index (Phi) is 6.47. The molecule has 36 heavy (non-hydrogen) atoms.